The molecular weight excluding hydrogens is 266 g/mol. The van der Waals surface area contributed by atoms with Crippen LogP contribution in [0.2, 0.25) is 0 Å². The van der Waals surface area contributed by atoms with E-state index in [-0.39, 0.29) is 11.6 Å². The summed E-state index contributed by atoms with van der Waals surface area (Å²) in [6.45, 7) is 1.78. The van der Waals surface area contributed by atoms with Gasteiger partial charge in [-0.05, 0) is 18.9 Å². The van der Waals surface area contributed by atoms with Crippen LogP contribution in [0.1, 0.15) is 29.5 Å². The smallest absolute Gasteiger partial charge is 0.274 e. The SMILES string of the molecule is Cc1cc(=O)n2[nH]c(CCC(N)c3ccccc3)nc2n1. The highest BCUT2D eigenvalue weighted by Gasteiger charge is 2.10. The second-order valence-electron chi connectivity index (χ2n) is 5.10. The van der Waals surface area contributed by atoms with Gasteiger partial charge in [0.2, 0.25) is 0 Å². The minimum absolute atomic E-state index is 0.0502. The minimum Gasteiger partial charge on any atom is -0.324 e. The van der Waals surface area contributed by atoms with E-state index in [1.807, 2.05) is 30.3 Å². The maximum atomic E-state index is 11.8. The summed E-state index contributed by atoms with van der Waals surface area (Å²) in [4.78, 5) is 20.4. The predicted octanol–water partition coefficient (Wildman–Crippen LogP) is 1.36. The number of fused-ring (bicyclic) bond motifs is 1. The van der Waals surface area contributed by atoms with E-state index in [0.717, 1.165) is 17.8 Å². The Hall–Kier alpha value is -2.47. The number of aryl methyl sites for hydroxylation is 2. The molecule has 108 valence electrons. The van der Waals surface area contributed by atoms with Gasteiger partial charge in [-0.1, -0.05) is 30.3 Å². The summed E-state index contributed by atoms with van der Waals surface area (Å²) in [6.07, 6.45) is 1.41. The summed E-state index contributed by atoms with van der Waals surface area (Å²) >= 11 is 0. The van der Waals surface area contributed by atoms with Gasteiger partial charge in [0, 0.05) is 24.2 Å². The zero-order chi connectivity index (χ0) is 14.8. The van der Waals surface area contributed by atoms with Crippen LogP contribution in [0.4, 0.5) is 0 Å². The molecule has 3 rings (SSSR count). The minimum atomic E-state index is -0.149. The lowest BCUT2D eigenvalue weighted by atomic mass is 10.0. The van der Waals surface area contributed by atoms with Gasteiger partial charge in [-0.25, -0.2) is 4.98 Å². The maximum absolute atomic E-state index is 11.8. The van der Waals surface area contributed by atoms with Crippen LogP contribution in [0.15, 0.2) is 41.2 Å². The van der Waals surface area contributed by atoms with Crippen molar-refractivity contribution in [2.24, 2.45) is 5.73 Å². The van der Waals surface area contributed by atoms with Crippen molar-refractivity contribution in [3.63, 3.8) is 0 Å². The van der Waals surface area contributed by atoms with Crippen molar-refractivity contribution in [2.45, 2.75) is 25.8 Å². The van der Waals surface area contributed by atoms with Crippen LogP contribution in [-0.4, -0.2) is 19.6 Å². The fourth-order valence-corrected chi connectivity index (χ4v) is 2.31. The first-order valence-corrected chi connectivity index (χ1v) is 6.89. The molecular formula is C15H17N5O. The van der Waals surface area contributed by atoms with Gasteiger partial charge in [0.05, 0.1) is 0 Å². The molecule has 21 heavy (non-hydrogen) atoms. The van der Waals surface area contributed by atoms with Gasteiger partial charge in [-0.2, -0.15) is 9.50 Å². The van der Waals surface area contributed by atoms with Crippen LogP contribution in [0.5, 0.6) is 0 Å². The van der Waals surface area contributed by atoms with Crippen LogP contribution >= 0.6 is 0 Å². The summed E-state index contributed by atoms with van der Waals surface area (Å²) in [5, 5.41) is 2.97. The van der Waals surface area contributed by atoms with Gasteiger partial charge >= 0.3 is 0 Å². The molecule has 6 heteroatoms. The van der Waals surface area contributed by atoms with Crippen molar-refractivity contribution >= 4 is 5.78 Å². The normalized spacial score (nSPS) is 12.7. The Morgan fingerprint density at radius 3 is 2.81 bits per heavy atom. The van der Waals surface area contributed by atoms with Crippen molar-refractivity contribution < 1.29 is 0 Å². The molecule has 0 saturated carbocycles. The van der Waals surface area contributed by atoms with Crippen molar-refractivity contribution in [1.82, 2.24) is 19.6 Å². The van der Waals surface area contributed by atoms with E-state index < -0.39 is 0 Å². The fraction of sp³-hybridized carbons (Fsp3) is 0.267. The van der Waals surface area contributed by atoms with E-state index in [1.165, 1.54) is 10.6 Å². The molecule has 3 aromatic rings. The molecule has 0 aliphatic heterocycles. The zero-order valence-corrected chi connectivity index (χ0v) is 11.8. The number of H-pyrrole nitrogens is 1. The Morgan fingerprint density at radius 2 is 2.05 bits per heavy atom. The molecule has 0 radical (unpaired) electrons. The summed E-state index contributed by atoms with van der Waals surface area (Å²) in [6, 6.07) is 11.4. The number of hydrogen-bond acceptors (Lipinski definition) is 4. The number of nitrogens with one attached hydrogen (secondary N) is 1. The number of aromatic nitrogens is 4. The third-order valence-electron chi connectivity index (χ3n) is 3.42. The molecule has 2 aromatic heterocycles. The molecule has 0 aliphatic carbocycles. The Balaban J connectivity index is 1.77. The average Bonchev–Trinajstić information content (AvgIpc) is 2.89. The zero-order valence-electron chi connectivity index (χ0n) is 11.8. The molecule has 0 bridgehead atoms. The third-order valence-corrected chi connectivity index (χ3v) is 3.42. The molecule has 6 nitrogen and oxygen atoms in total. The second kappa shape index (κ2) is 5.49. The molecule has 1 atom stereocenters. The average molecular weight is 283 g/mol. The van der Waals surface area contributed by atoms with Crippen molar-refractivity contribution in [1.29, 1.82) is 0 Å². The van der Waals surface area contributed by atoms with Crippen molar-refractivity contribution in [2.75, 3.05) is 0 Å². The van der Waals surface area contributed by atoms with Gasteiger partial charge in [0.15, 0.2) is 0 Å². The summed E-state index contributed by atoms with van der Waals surface area (Å²) in [7, 11) is 0. The topological polar surface area (TPSA) is 89.1 Å². The molecule has 0 saturated heterocycles. The molecule has 0 fully saturated rings. The number of nitrogens with zero attached hydrogens (tertiary/aromatic N) is 3. The van der Waals surface area contributed by atoms with E-state index in [0.29, 0.717) is 17.9 Å². The third kappa shape index (κ3) is 2.85. The lowest BCUT2D eigenvalue weighted by molar-refractivity contribution is 0.633. The van der Waals surface area contributed by atoms with E-state index >= 15 is 0 Å². The quantitative estimate of drug-likeness (QED) is 0.756. The highest BCUT2D eigenvalue weighted by molar-refractivity contribution is 5.27. The number of aromatic amines is 1. The largest absolute Gasteiger partial charge is 0.324 e. The van der Waals surface area contributed by atoms with Crippen LogP contribution in [0.3, 0.4) is 0 Å². The Labute approximate surface area is 121 Å². The van der Waals surface area contributed by atoms with E-state index in [4.69, 9.17) is 5.73 Å². The van der Waals surface area contributed by atoms with Crippen LogP contribution in [0, 0.1) is 6.92 Å². The lowest BCUT2D eigenvalue weighted by Gasteiger charge is -2.10. The monoisotopic (exact) mass is 283 g/mol. The molecule has 1 aromatic carbocycles. The number of nitrogens with two attached hydrogens (primary N) is 1. The molecule has 3 N–H and O–H groups in total. The number of hydrogen-bond donors (Lipinski definition) is 2. The van der Waals surface area contributed by atoms with Crippen LogP contribution in [0.25, 0.3) is 5.78 Å². The second-order valence-corrected chi connectivity index (χ2v) is 5.10. The first-order chi connectivity index (χ1) is 10.1. The molecule has 2 heterocycles. The Morgan fingerprint density at radius 1 is 1.29 bits per heavy atom. The van der Waals surface area contributed by atoms with Gasteiger partial charge in [0.25, 0.3) is 11.3 Å². The van der Waals surface area contributed by atoms with E-state index in [1.54, 1.807) is 6.92 Å². The summed E-state index contributed by atoms with van der Waals surface area (Å²) in [5.41, 5.74) is 7.78. The Bertz CT molecular complexity index is 806. The lowest BCUT2D eigenvalue weighted by Crippen LogP contribution is -2.15. The van der Waals surface area contributed by atoms with Crippen LogP contribution in [-0.2, 0) is 6.42 Å². The summed E-state index contributed by atoms with van der Waals surface area (Å²) < 4.78 is 1.36. The first-order valence-electron chi connectivity index (χ1n) is 6.89. The van der Waals surface area contributed by atoms with Gasteiger partial charge < -0.3 is 5.73 Å². The standard InChI is InChI=1S/C15H17N5O/c1-10-9-14(21)20-15(17-10)18-13(19-20)8-7-12(16)11-5-3-2-4-6-11/h2-6,9,12H,7-8,16H2,1H3,(H,17,18,19). The maximum Gasteiger partial charge on any atom is 0.274 e. The van der Waals surface area contributed by atoms with Gasteiger partial charge in [-0.3, -0.25) is 9.89 Å². The van der Waals surface area contributed by atoms with Crippen molar-refractivity contribution in [3.05, 3.63) is 63.8 Å². The predicted molar refractivity (Wildman–Crippen MR) is 80.0 cm³/mol. The molecule has 0 amide bonds. The first kappa shape index (κ1) is 13.5. The van der Waals surface area contributed by atoms with Crippen molar-refractivity contribution in [3.8, 4) is 0 Å². The Kier molecular flexibility index (Phi) is 3.53. The highest BCUT2D eigenvalue weighted by atomic mass is 16.1. The summed E-state index contributed by atoms with van der Waals surface area (Å²) in [5.74, 6) is 1.12. The number of benzene rings is 1. The van der Waals surface area contributed by atoms with E-state index in [2.05, 4.69) is 15.1 Å². The number of rotatable bonds is 4. The van der Waals surface area contributed by atoms with E-state index in [9.17, 15) is 4.79 Å². The van der Waals surface area contributed by atoms with Gasteiger partial charge in [0.1, 0.15) is 5.82 Å². The highest BCUT2D eigenvalue weighted by Crippen LogP contribution is 2.15. The molecule has 1 unspecified atom stereocenters. The van der Waals surface area contributed by atoms with Gasteiger partial charge in [-0.15, -0.1) is 0 Å². The van der Waals surface area contributed by atoms with Crippen LogP contribution < -0.4 is 11.3 Å². The molecule has 0 aliphatic rings. The molecule has 0 spiro atoms. The fourth-order valence-electron chi connectivity index (χ4n) is 2.31.